The van der Waals surface area contributed by atoms with Crippen LogP contribution in [0.5, 0.6) is 0 Å². The topological polar surface area (TPSA) is 439 Å². The molecule has 0 aliphatic carbocycles. The number of rotatable bonds is 32. The van der Waals surface area contributed by atoms with Gasteiger partial charge in [-0.1, -0.05) is 105 Å². The highest BCUT2D eigenvalue weighted by atomic mass is 16.5. The summed E-state index contributed by atoms with van der Waals surface area (Å²) >= 11 is 0. The van der Waals surface area contributed by atoms with Crippen LogP contribution in [0.25, 0.3) is 0 Å². The molecule has 1 aliphatic rings. The van der Waals surface area contributed by atoms with Gasteiger partial charge in [-0.25, -0.2) is 4.79 Å². The Morgan fingerprint density at radius 1 is 0.619 bits per heavy atom. The Bertz CT molecular complexity index is 2400. The van der Waals surface area contributed by atoms with Gasteiger partial charge in [-0.3, -0.25) is 52.7 Å². The highest BCUT2D eigenvalue weighted by Crippen LogP contribution is 2.17. The number of amides is 11. The first-order valence-corrected chi connectivity index (χ1v) is 28.8. The third-order valence-electron chi connectivity index (χ3n) is 14.9. The average Bonchev–Trinajstić information content (AvgIpc) is 3.71. The van der Waals surface area contributed by atoms with E-state index in [0.717, 1.165) is 5.56 Å². The minimum Gasteiger partial charge on any atom is -0.458 e. The summed E-state index contributed by atoms with van der Waals surface area (Å²) in [7, 11) is 1.59. The molecule has 1 aliphatic heterocycles. The average molecular weight is 1190 g/mol. The van der Waals surface area contributed by atoms with E-state index in [1.807, 2.05) is 30.3 Å². The molecule has 84 heavy (non-hydrogen) atoms. The summed E-state index contributed by atoms with van der Waals surface area (Å²) in [5.74, 6) is -13.1. The quantitative estimate of drug-likeness (QED) is 0.0310. The van der Waals surface area contributed by atoms with Crippen molar-refractivity contribution in [1.82, 2.24) is 58.5 Å². The van der Waals surface area contributed by atoms with E-state index in [9.17, 15) is 67.7 Å². The Kier molecular flexibility index (Phi) is 31.6. The Balaban J connectivity index is 2.39. The number of esters is 1. The van der Waals surface area contributed by atoms with Gasteiger partial charge in [-0.05, 0) is 82.4 Å². The number of aliphatic hydroxyl groups is 2. The van der Waals surface area contributed by atoms with Crippen LogP contribution in [-0.2, 0) is 68.7 Å². The summed E-state index contributed by atoms with van der Waals surface area (Å²) in [6.07, 6.45) is -0.669. The van der Waals surface area contributed by atoms with Gasteiger partial charge in [0, 0.05) is 6.42 Å². The molecule has 1 fully saturated rings. The molecular weight excluding hydrogens is 1090 g/mol. The van der Waals surface area contributed by atoms with Crippen LogP contribution < -0.4 is 70.0 Å². The first kappa shape index (κ1) is 72.8. The summed E-state index contributed by atoms with van der Waals surface area (Å²) in [6, 6.07) is -6.17. The summed E-state index contributed by atoms with van der Waals surface area (Å²) < 4.78 is 5.68. The zero-order valence-electron chi connectivity index (χ0n) is 50.3. The maximum atomic E-state index is 14.3. The van der Waals surface area contributed by atoms with E-state index >= 15 is 0 Å². The van der Waals surface area contributed by atoms with E-state index in [1.54, 1.807) is 62.4 Å². The molecule has 28 heteroatoms. The van der Waals surface area contributed by atoms with E-state index in [2.05, 4.69) is 58.5 Å². The molecule has 1 aromatic rings. The fourth-order valence-electron chi connectivity index (χ4n) is 8.76. The van der Waals surface area contributed by atoms with Crippen LogP contribution in [0.4, 0.5) is 0 Å². The lowest BCUT2D eigenvalue weighted by Gasteiger charge is -2.31. The van der Waals surface area contributed by atoms with Crippen molar-refractivity contribution in [3.63, 3.8) is 0 Å². The molecule has 17 N–H and O–H groups in total. The van der Waals surface area contributed by atoms with Crippen LogP contribution in [0.2, 0.25) is 0 Å². The second-order valence-electron chi connectivity index (χ2n) is 21.8. The molecule has 0 saturated carbocycles. The molecular formula is C56H93N13O15. The smallest absolute Gasteiger partial charge is 0.329 e. The zero-order valence-corrected chi connectivity index (χ0v) is 50.3. The number of cyclic esters (lactones) is 1. The predicted molar refractivity (Wildman–Crippen MR) is 308 cm³/mol. The van der Waals surface area contributed by atoms with Crippen LogP contribution in [0.1, 0.15) is 120 Å². The molecule has 0 aromatic heterocycles. The molecule has 472 valence electrons. The summed E-state index contributed by atoms with van der Waals surface area (Å²) in [4.78, 5) is 164. The third kappa shape index (κ3) is 22.7. The molecule has 28 nitrogen and oxygen atoms in total. The number of likely N-dealkylation sites (N-methyl/N-ethyl adjacent to an activating group) is 1. The highest BCUT2D eigenvalue weighted by molar-refractivity contribution is 5.99. The predicted octanol–water partition coefficient (Wildman–Crippen LogP) is -3.59. The number of aliphatic hydroxyl groups excluding tert-OH is 2. The van der Waals surface area contributed by atoms with E-state index in [-0.39, 0.29) is 25.8 Å². The van der Waals surface area contributed by atoms with E-state index in [0.29, 0.717) is 19.3 Å². The lowest BCUT2D eigenvalue weighted by Crippen LogP contribution is -2.63. The SMILES string of the molecule is CC[C@H](C)[C@H](NC(=O)[C@H](NC(=O)[C@@H](CCC(N)=O)NC(=O)[C@H](CO)NC(=O)[C@@H](NC(=O)[C@@H](Cc1ccccc1)NC)C(C)C)[C@@H](C)CC)C(=O)N[C@@H](CO)C(=O)N[C@H]1C(=O)N[C@@H](C)C(=O)NC(CCCN)C(=O)N[C@@H]([C@@H](C)CC)C(=O)O[C@H]1C. The number of hydrogen-bond donors (Lipinski definition) is 15. The van der Waals surface area contributed by atoms with Crippen LogP contribution >= 0.6 is 0 Å². The van der Waals surface area contributed by atoms with Gasteiger partial charge in [0.05, 0.1) is 19.3 Å². The number of nitrogens with two attached hydrogens (primary N) is 2. The molecule has 0 radical (unpaired) electrons. The Labute approximate surface area is 491 Å². The number of carbonyl (C=O) groups excluding carboxylic acids is 12. The minimum atomic E-state index is -1.81. The molecule has 2 rings (SSSR count). The second-order valence-corrected chi connectivity index (χ2v) is 21.8. The van der Waals surface area contributed by atoms with Crippen LogP contribution in [0, 0.1) is 23.7 Å². The van der Waals surface area contributed by atoms with E-state index in [4.69, 9.17) is 16.2 Å². The summed E-state index contributed by atoms with van der Waals surface area (Å²) in [5, 5.41) is 49.0. The van der Waals surface area contributed by atoms with Crippen molar-refractivity contribution >= 4 is 70.9 Å². The van der Waals surface area contributed by atoms with Gasteiger partial charge in [0.2, 0.25) is 65.0 Å². The van der Waals surface area contributed by atoms with Gasteiger partial charge < -0.3 is 84.9 Å². The zero-order chi connectivity index (χ0) is 63.5. The number of hydrogen-bond acceptors (Lipinski definition) is 17. The van der Waals surface area contributed by atoms with Crippen molar-refractivity contribution in [2.45, 2.75) is 193 Å². The number of benzene rings is 1. The van der Waals surface area contributed by atoms with Crippen LogP contribution in [0.15, 0.2) is 30.3 Å². The first-order chi connectivity index (χ1) is 39.6. The molecule has 1 aromatic carbocycles. The van der Waals surface area contributed by atoms with Crippen molar-refractivity contribution in [2.24, 2.45) is 35.1 Å². The molecule has 1 saturated heterocycles. The molecule has 0 spiro atoms. The van der Waals surface area contributed by atoms with Crippen LogP contribution in [0.3, 0.4) is 0 Å². The van der Waals surface area contributed by atoms with Crippen molar-refractivity contribution in [3.05, 3.63) is 35.9 Å². The van der Waals surface area contributed by atoms with Crippen molar-refractivity contribution in [2.75, 3.05) is 26.8 Å². The summed E-state index contributed by atoms with van der Waals surface area (Å²) in [6.45, 7) is 14.1. The third-order valence-corrected chi connectivity index (χ3v) is 14.9. The monoisotopic (exact) mass is 1190 g/mol. The summed E-state index contributed by atoms with van der Waals surface area (Å²) in [5.41, 5.74) is 12.0. The van der Waals surface area contributed by atoms with Gasteiger partial charge in [-0.2, -0.15) is 0 Å². The van der Waals surface area contributed by atoms with Crippen LogP contribution in [-0.4, -0.2) is 181 Å². The Morgan fingerprint density at radius 2 is 1.12 bits per heavy atom. The van der Waals surface area contributed by atoms with Gasteiger partial charge >= 0.3 is 5.97 Å². The number of primary amides is 1. The molecule has 1 heterocycles. The normalized spacial score (nSPS) is 21.2. The fourth-order valence-corrected chi connectivity index (χ4v) is 8.76. The number of ether oxygens (including phenoxy) is 1. The van der Waals surface area contributed by atoms with Crippen molar-refractivity contribution < 1.29 is 72.5 Å². The number of carbonyl (C=O) groups is 12. The second kappa shape index (κ2) is 36.4. The molecule has 0 bridgehead atoms. The highest BCUT2D eigenvalue weighted by Gasteiger charge is 2.41. The molecule has 15 atom stereocenters. The molecule has 1 unspecified atom stereocenters. The van der Waals surface area contributed by atoms with Gasteiger partial charge in [0.1, 0.15) is 66.5 Å². The number of nitrogens with one attached hydrogen (secondary N) is 11. The Hall–Kier alpha value is -7.30. The lowest BCUT2D eigenvalue weighted by atomic mass is 9.94. The lowest BCUT2D eigenvalue weighted by molar-refractivity contribution is -0.157. The van der Waals surface area contributed by atoms with Gasteiger partial charge in [0.25, 0.3) is 0 Å². The standard InChI is InChI=1S/C56H93N13O15/c1-12-29(6)42(53(80)64-39(27-71)51(78)69-45-33(10)84-56(83)44(31(8)14-3)68-47(74)35(21-18-24-57)61-46(73)32(9)60-55(45)82)67-54(81)43(30(7)13-2)66-48(75)36(22-23-40(58)72)62-50(77)38(26-70)63-52(79)41(28(4)5)65-49(76)37(59-11)25-34-19-16-15-17-20-34/h15-17,19-20,28-33,35-39,41-45,59,70-71H,12-14,18,21-27,57H2,1-11H3,(H2,58,72)(H,60,82)(H,61,73)(H,62,77)(H,63,79)(H,64,80)(H,65,76)(H,66,75)(H,67,81)(H,68,74)(H,69,78)/t29-,30-,31-,32-,33-,35?,36+,37+,38-,39-,41-,42-,43+,44-,45+/m0/s1. The fraction of sp³-hybridized carbons (Fsp3) is 0.679. The Morgan fingerprint density at radius 3 is 1.63 bits per heavy atom. The van der Waals surface area contributed by atoms with E-state index in [1.165, 1.54) is 13.8 Å². The van der Waals surface area contributed by atoms with Crippen molar-refractivity contribution in [1.29, 1.82) is 0 Å². The maximum Gasteiger partial charge on any atom is 0.329 e. The largest absolute Gasteiger partial charge is 0.458 e. The van der Waals surface area contributed by atoms with Gasteiger partial charge in [-0.15, -0.1) is 0 Å². The van der Waals surface area contributed by atoms with Crippen molar-refractivity contribution in [3.8, 4) is 0 Å². The van der Waals surface area contributed by atoms with E-state index < -0.39 is 193 Å². The van der Waals surface area contributed by atoms with Gasteiger partial charge in [0.15, 0.2) is 0 Å². The maximum absolute atomic E-state index is 14.3. The minimum absolute atomic E-state index is 0.107. The first-order valence-electron chi connectivity index (χ1n) is 28.8. The molecule has 11 amide bonds.